The van der Waals surface area contributed by atoms with Gasteiger partial charge in [0.1, 0.15) is 17.1 Å². The van der Waals surface area contributed by atoms with E-state index in [2.05, 4.69) is 4.98 Å². The largest absolute Gasteiger partial charge is 0.454 e. The van der Waals surface area contributed by atoms with Crippen LogP contribution < -0.4 is 10.5 Å². The lowest BCUT2D eigenvalue weighted by molar-refractivity contribution is 0.486. The second-order valence-corrected chi connectivity index (χ2v) is 4.34. The molecule has 21 heavy (non-hydrogen) atoms. The normalized spacial score (nSPS) is 9.90. The third kappa shape index (κ3) is 2.95. The molecule has 1 heterocycles. The summed E-state index contributed by atoms with van der Waals surface area (Å²) in [7, 11) is 0. The first-order valence-corrected chi connectivity index (χ1v) is 6.21. The van der Waals surface area contributed by atoms with Gasteiger partial charge in [0, 0.05) is 11.6 Å². The smallest absolute Gasteiger partial charge is 0.153 e. The van der Waals surface area contributed by atoms with Crippen molar-refractivity contribution in [2.24, 2.45) is 5.73 Å². The van der Waals surface area contributed by atoms with Gasteiger partial charge in [-0.2, -0.15) is 0 Å². The van der Waals surface area contributed by atoms with Gasteiger partial charge in [-0.15, -0.1) is 12.4 Å². The number of rotatable bonds is 3. The zero-order valence-corrected chi connectivity index (χ0v) is 11.9. The predicted molar refractivity (Wildman–Crippen MR) is 86.5 cm³/mol. The number of hydrogen-bond donors (Lipinski definition) is 2. The molecule has 0 spiro atoms. The fourth-order valence-corrected chi connectivity index (χ4v) is 2.06. The van der Waals surface area contributed by atoms with E-state index in [0.29, 0.717) is 17.1 Å². The number of aromatic nitrogens is 1. The maximum absolute atomic E-state index is 7.59. The number of nitrogens with one attached hydrogen (secondary N) is 1. The van der Waals surface area contributed by atoms with E-state index in [4.69, 9.17) is 15.9 Å². The van der Waals surface area contributed by atoms with Crippen molar-refractivity contribution in [3.05, 3.63) is 66.4 Å². The Balaban J connectivity index is 0.00000161. The molecule has 0 fully saturated rings. The summed E-state index contributed by atoms with van der Waals surface area (Å²) in [5, 5.41) is 8.59. The lowest BCUT2D eigenvalue weighted by atomic mass is 10.1. The Bertz CT molecular complexity index is 784. The number of nitrogens with two attached hydrogens (primary N) is 1. The SMILES string of the molecule is Cl.N=C(N)c1ccccc1Oc1cccc2cccnc12. The number of ether oxygens (including phenoxy) is 1. The lowest BCUT2D eigenvalue weighted by Crippen LogP contribution is -2.12. The molecule has 0 aliphatic carbocycles. The number of pyridine rings is 1. The number of halogens is 1. The zero-order valence-electron chi connectivity index (χ0n) is 11.1. The van der Waals surface area contributed by atoms with Crippen LogP contribution in [0.25, 0.3) is 10.9 Å². The van der Waals surface area contributed by atoms with Crippen LogP contribution in [-0.2, 0) is 0 Å². The van der Waals surface area contributed by atoms with E-state index in [1.807, 2.05) is 42.5 Å². The van der Waals surface area contributed by atoms with Gasteiger partial charge in [-0.05, 0) is 24.3 Å². The standard InChI is InChI=1S/C16H13N3O.ClH/c17-16(18)12-7-1-2-8-13(12)20-14-9-3-5-11-6-4-10-19-15(11)14;/h1-10H,(H3,17,18);1H. The number of benzene rings is 2. The molecule has 2 aromatic carbocycles. The van der Waals surface area contributed by atoms with E-state index in [1.165, 1.54) is 0 Å². The van der Waals surface area contributed by atoms with Crippen molar-refractivity contribution in [1.82, 2.24) is 4.98 Å². The minimum atomic E-state index is -0.0196. The fourth-order valence-electron chi connectivity index (χ4n) is 2.06. The van der Waals surface area contributed by atoms with E-state index in [1.54, 1.807) is 18.3 Å². The number of para-hydroxylation sites is 2. The van der Waals surface area contributed by atoms with Gasteiger partial charge >= 0.3 is 0 Å². The summed E-state index contributed by atoms with van der Waals surface area (Å²) in [6.07, 6.45) is 1.73. The molecule has 0 unspecified atom stereocenters. The average molecular weight is 300 g/mol. The van der Waals surface area contributed by atoms with Crippen LogP contribution in [0.1, 0.15) is 5.56 Å². The highest BCUT2D eigenvalue weighted by Gasteiger charge is 2.09. The lowest BCUT2D eigenvalue weighted by Gasteiger charge is -2.11. The Morgan fingerprint density at radius 2 is 1.67 bits per heavy atom. The maximum Gasteiger partial charge on any atom is 0.153 e. The van der Waals surface area contributed by atoms with Crippen molar-refractivity contribution in [3.8, 4) is 11.5 Å². The topological polar surface area (TPSA) is 72.0 Å². The Hall–Kier alpha value is -2.59. The molecule has 3 rings (SSSR count). The number of amidine groups is 1. The number of nitrogen functional groups attached to an aromatic ring is 1. The molecular formula is C16H14ClN3O. The molecule has 0 saturated heterocycles. The summed E-state index contributed by atoms with van der Waals surface area (Å²) in [4.78, 5) is 4.34. The van der Waals surface area contributed by atoms with Gasteiger partial charge < -0.3 is 10.5 Å². The van der Waals surface area contributed by atoms with E-state index in [-0.39, 0.29) is 18.2 Å². The first-order valence-electron chi connectivity index (χ1n) is 6.21. The van der Waals surface area contributed by atoms with Crippen LogP contribution in [-0.4, -0.2) is 10.8 Å². The minimum Gasteiger partial charge on any atom is -0.454 e. The van der Waals surface area contributed by atoms with E-state index in [0.717, 1.165) is 10.9 Å². The Morgan fingerprint density at radius 3 is 2.48 bits per heavy atom. The summed E-state index contributed by atoms with van der Waals surface area (Å²) in [6.45, 7) is 0. The highest BCUT2D eigenvalue weighted by molar-refractivity contribution is 5.97. The van der Waals surface area contributed by atoms with Crippen LogP contribution in [0.15, 0.2) is 60.8 Å². The summed E-state index contributed by atoms with van der Waals surface area (Å²) >= 11 is 0. The molecule has 0 saturated carbocycles. The number of hydrogen-bond acceptors (Lipinski definition) is 3. The highest BCUT2D eigenvalue weighted by Crippen LogP contribution is 2.30. The number of fused-ring (bicyclic) bond motifs is 1. The van der Waals surface area contributed by atoms with Crippen molar-refractivity contribution in [3.63, 3.8) is 0 Å². The predicted octanol–water partition coefficient (Wildman–Crippen LogP) is 3.73. The van der Waals surface area contributed by atoms with Gasteiger partial charge in [0.2, 0.25) is 0 Å². The molecule has 4 nitrogen and oxygen atoms in total. The Kier molecular flexibility index (Phi) is 4.40. The third-order valence-electron chi connectivity index (χ3n) is 2.99. The highest BCUT2D eigenvalue weighted by atomic mass is 35.5. The van der Waals surface area contributed by atoms with Gasteiger partial charge in [0.25, 0.3) is 0 Å². The second-order valence-electron chi connectivity index (χ2n) is 4.34. The average Bonchev–Trinajstić information content (AvgIpc) is 2.48. The first-order chi connectivity index (χ1) is 9.75. The van der Waals surface area contributed by atoms with Crippen LogP contribution in [0.4, 0.5) is 0 Å². The summed E-state index contributed by atoms with van der Waals surface area (Å²) < 4.78 is 5.90. The molecule has 106 valence electrons. The second kappa shape index (κ2) is 6.24. The van der Waals surface area contributed by atoms with Crippen LogP contribution in [0.3, 0.4) is 0 Å². The van der Waals surface area contributed by atoms with Crippen molar-refractivity contribution >= 4 is 29.1 Å². The Morgan fingerprint density at radius 1 is 0.952 bits per heavy atom. The van der Waals surface area contributed by atoms with Crippen LogP contribution >= 0.6 is 12.4 Å². The molecule has 0 aliphatic heterocycles. The van der Waals surface area contributed by atoms with Crippen molar-refractivity contribution in [1.29, 1.82) is 5.41 Å². The van der Waals surface area contributed by atoms with Crippen molar-refractivity contribution in [2.75, 3.05) is 0 Å². The molecule has 5 heteroatoms. The minimum absolute atomic E-state index is 0. The zero-order chi connectivity index (χ0) is 13.9. The monoisotopic (exact) mass is 299 g/mol. The molecule has 0 radical (unpaired) electrons. The Labute approximate surface area is 128 Å². The van der Waals surface area contributed by atoms with E-state index >= 15 is 0 Å². The molecule has 0 aliphatic rings. The van der Waals surface area contributed by atoms with E-state index < -0.39 is 0 Å². The third-order valence-corrected chi connectivity index (χ3v) is 2.99. The van der Waals surface area contributed by atoms with Gasteiger partial charge in [0.05, 0.1) is 5.56 Å². The van der Waals surface area contributed by atoms with Gasteiger partial charge in [-0.3, -0.25) is 10.4 Å². The summed E-state index contributed by atoms with van der Waals surface area (Å²) in [5.74, 6) is 1.18. The molecule has 1 aromatic heterocycles. The first kappa shape index (κ1) is 14.8. The van der Waals surface area contributed by atoms with Crippen LogP contribution in [0, 0.1) is 5.41 Å². The molecule has 0 bridgehead atoms. The summed E-state index contributed by atoms with van der Waals surface area (Å²) in [5.41, 5.74) is 6.92. The van der Waals surface area contributed by atoms with Gasteiger partial charge in [0.15, 0.2) is 5.75 Å². The van der Waals surface area contributed by atoms with Crippen LogP contribution in [0.5, 0.6) is 11.5 Å². The molecule has 0 atom stereocenters. The van der Waals surface area contributed by atoms with Crippen LogP contribution in [0.2, 0.25) is 0 Å². The number of nitrogens with zero attached hydrogens (tertiary/aromatic N) is 1. The molecule has 3 aromatic rings. The fraction of sp³-hybridized carbons (Fsp3) is 0. The quantitative estimate of drug-likeness (QED) is 0.572. The molecule has 0 amide bonds. The van der Waals surface area contributed by atoms with Crippen molar-refractivity contribution < 1.29 is 4.74 Å². The molecular weight excluding hydrogens is 286 g/mol. The maximum atomic E-state index is 7.59. The van der Waals surface area contributed by atoms with Crippen molar-refractivity contribution in [2.45, 2.75) is 0 Å². The van der Waals surface area contributed by atoms with E-state index in [9.17, 15) is 0 Å². The van der Waals surface area contributed by atoms with Gasteiger partial charge in [-0.25, -0.2) is 0 Å². The molecule has 3 N–H and O–H groups in total. The van der Waals surface area contributed by atoms with Gasteiger partial charge in [-0.1, -0.05) is 30.3 Å². The summed E-state index contributed by atoms with van der Waals surface area (Å²) in [6, 6.07) is 16.8.